The Balaban J connectivity index is 2.34. The first-order chi connectivity index (χ1) is 7.81. The van der Waals surface area contributed by atoms with Crippen LogP contribution in [0.3, 0.4) is 0 Å². The second kappa shape index (κ2) is 4.35. The predicted octanol–water partition coefficient (Wildman–Crippen LogP) is 1.93. The van der Waals surface area contributed by atoms with Crippen molar-refractivity contribution in [3.05, 3.63) is 46.4 Å². The number of hydrogen-bond acceptors (Lipinski definition) is 4. The maximum Gasteiger partial charge on any atom is 0.292 e. The molecule has 0 fully saturated rings. The molecule has 80 valence electrons. The summed E-state index contributed by atoms with van der Waals surface area (Å²) in [6.45, 7) is 0. The van der Waals surface area contributed by atoms with E-state index in [0.717, 1.165) is 0 Å². The topological polar surface area (TPSA) is 90.4 Å². The molecule has 1 heterocycles. The number of rotatable bonds is 3. The Bertz CT molecular complexity index is 568. The van der Waals surface area contributed by atoms with Crippen molar-refractivity contribution >= 4 is 17.7 Å². The van der Waals surface area contributed by atoms with Gasteiger partial charge >= 0.3 is 0 Å². The molecule has 0 saturated heterocycles. The first kappa shape index (κ1) is 10.0. The molecule has 6 heteroatoms. The summed E-state index contributed by atoms with van der Waals surface area (Å²) in [6, 6.07) is 8.93. The van der Waals surface area contributed by atoms with Gasteiger partial charge in [0.05, 0.1) is 5.69 Å². The van der Waals surface area contributed by atoms with Crippen LogP contribution in [0, 0.1) is 0 Å². The monoisotopic (exact) mass is 216 g/mol. The Morgan fingerprint density at radius 2 is 1.81 bits per heavy atom. The third-order valence-electron chi connectivity index (χ3n) is 1.92. The van der Waals surface area contributed by atoms with E-state index >= 15 is 0 Å². The summed E-state index contributed by atoms with van der Waals surface area (Å²) in [7, 11) is 0. The number of carbonyl (C=O) groups is 1. The fraction of sp³-hybridized carbons (Fsp3) is 0. The third-order valence-corrected chi connectivity index (χ3v) is 1.92. The summed E-state index contributed by atoms with van der Waals surface area (Å²) < 4.78 is 0. The molecule has 0 radical (unpaired) electrons. The maximum absolute atomic E-state index is 11.2. The normalized spacial score (nSPS) is 10.8. The Morgan fingerprint density at radius 1 is 1.06 bits per heavy atom. The third kappa shape index (κ3) is 1.95. The highest BCUT2D eigenvalue weighted by Crippen LogP contribution is 2.15. The van der Waals surface area contributed by atoms with Gasteiger partial charge in [0.15, 0.2) is 12.0 Å². The second-order valence-electron chi connectivity index (χ2n) is 2.99. The van der Waals surface area contributed by atoms with Gasteiger partial charge in [-0.15, -0.1) is 5.11 Å². The average molecular weight is 216 g/mol. The van der Waals surface area contributed by atoms with Crippen molar-refractivity contribution in [2.45, 2.75) is 0 Å². The summed E-state index contributed by atoms with van der Waals surface area (Å²) >= 11 is 0. The number of nitrogens with one attached hydrogen (secondary N) is 2. The van der Waals surface area contributed by atoms with E-state index in [-0.39, 0.29) is 11.4 Å². The van der Waals surface area contributed by atoms with Crippen molar-refractivity contribution in [3.63, 3.8) is 0 Å². The number of aldehydes is 1. The van der Waals surface area contributed by atoms with Gasteiger partial charge in [0.25, 0.3) is 5.56 Å². The van der Waals surface area contributed by atoms with Crippen LogP contribution >= 0.6 is 0 Å². The highest BCUT2D eigenvalue weighted by atomic mass is 16.1. The molecule has 16 heavy (non-hydrogen) atoms. The number of H-pyrrole nitrogens is 2. The Hall–Kier alpha value is -2.50. The number of aromatic nitrogens is 2. The molecule has 0 atom stereocenters. The molecule has 0 amide bonds. The van der Waals surface area contributed by atoms with Gasteiger partial charge in [-0.3, -0.25) is 19.8 Å². The fourth-order valence-corrected chi connectivity index (χ4v) is 1.15. The molecule has 0 unspecified atom stereocenters. The maximum atomic E-state index is 11.2. The minimum atomic E-state index is -0.471. The van der Waals surface area contributed by atoms with E-state index in [9.17, 15) is 9.59 Å². The van der Waals surface area contributed by atoms with Gasteiger partial charge < -0.3 is 0 Å². The first-order valence-corrected chi connectivity index (χ1v) is 4.54. The summed E-state index contributed by atoms with van der Waals surface area (Å²) in [5, 5.41) is 12.2. The van der Waals surface area contributed by atoms with Crippen LogP contribution in [0.15, 0.2) is 45.4 Å². The molecule has 0 bridgehead atoms. The Kier molecular flexibility index (Phi) is 2.73. The number of nitrogens with zero attached hydrogens (tertiary/aromatic N) is 2. The second-order valence-corrected chi connectivity index (χ2v) is 2.99. The summed E-state index contributed by atoms with van der Waals surface area (Å²) in [5.74, 6) is 0. The number of azo groups is 1. The lowest BCUT2D eigenvalue weighted by Crippen LogP contribution is -1.96. The van der Waals surface area contributed by atoms with Crippen molar-refractivity contribution in [3.8, 4) is 0 Å². The lowest BCUT2D eigenvalue weighted by atomic mass is 10.3. The smallest absolute Gasteiger partial charge is 0.292 e. The van der Waals surface area contributed by atoms with Crippen molar-refractivity contribution in [1.82, 2.24) is 10.2 Å². The fourth-order valence-electron chi connectivity index (χ4n) is 1.15. The first-order valence-electron chi connectivity index (χ1n) is 4.54. The van der Waals surface area contributed by atoms with E-state index in [1.54, 1.807) is 24.3 Å². The molecule has 0 aliphatic carbocycles. The van der Waals surface area contributed by atoms with Gasteiger partial charge in [-0.25, -0.2) is 0 Å². The van der Waals surface area contributed by atoms with Crippen LogP contribution in [0.4, 0.5) is 11.4 Å². The molecule has 6 nitrogen and oxygen atoms in total. The van der Waals surface area contributed by atoms with Crippen LogP contribution in [0.1, 0.15) is 10.5 Å². The number of carbonyl (C=O) groups excluding carboxylic acids is 1. The number of hydrogen-bond donors (Lipinski definition) is 2. The van der Waals surface area contributed by atoms with Crippen molar-refractivity contribution in [1.29, 1.82) is 0 Å². The Morgan fingerprint density at radius 3 is 2.50 bits per heavy atom. The van der Waals surface area contributed by atoms with E-state index in [4.69, 9.17) is 0 Å². The Labute approximate surface area is 90.0 Å². The molecule has 0 saturated carbocycles. The van der Waals surface area contributed by atoms with Crippen LogP contribution in [0.2, 0.25) is 0 Å². The van der Waals surface area contributed by atoms with Gasteiger partial charge in [-0.05, 0) is 12.1 Å². The van der Waals surface area contributed by atoms with Gasteiger partial charge in [-0.1, -0.05) is 18.2 Å². The van der Waals surface area contributed by atoms with E-state index in [0.29, 0.717) is 12.0 Å². The van der Waals surface area contributed by atoms with Gasteiger partial charge in [0.2, 0.25) is 0 Å². The molecular weight excluding hydrogens is 208 g/mol. The molecule has 0 aliphatic rings. The summed E-state index contributed by atoms with van der Waals surface area (Å²) in [6.07, 6.45) is 0.511. The lowest BCUT2D eigenvalue weighted by molar-refractivity contribution is 0.111. The predicted molar refractivity (Wildman–Crippen MR) is 57.4 cm³/mol. The van der Waals surface area contributed by atoms with Crippen LogP contribution in [-0.2, 0) is 0 Å². The quantitative estimate of drug-likeness (QED) is 0.606. The van der Waals surface area contributed by atoms with Crippen LogP contribution in [0.25, 0.3) is 0 Å². The molecular formula is C10H8N4O2. The number of benzene rings is 1. The van der Waals surface area contributed by atoms with E-state index in [2.05, 4.69) is 20.4 Å². The van der Waals surface area contributed by atoms with Crippen LogP contribution in [-0.4, -0.2) is 16.5 Å². The highest BCUT2D eigenvalue weighted by Gasteiger charge is 2.07. The van der Waals surface area contributed by atoms with Gasteiger partial charge in [0.1, 0.15) is 5.69 Å². The number of aromatic amines is 2. The van der Waals surface area contributed by atoms with Crippen molar-refractivity contribution in [2.24, 2.45) is 10.2 Å². The van der Waals surface area contributed by atoms with Gasteiger partial charge in [0, 0.05) is 0 Å². The molecule has 2 aromatic rings. The van der Waals surface area contributed by atoms with E-state index in [1.165, 1.54) is 0 Å². The SMILES string of the molecule is O=Cc1[nH][nH]c(=O)c1N=Nc1ccccc1. The average Bonchev–Trinajstić information content (AvgIpc) is 2.69. The summed E-state index contributed by atoms with van der Waals surface area (Å²) in [5.41, 5.74) is 0.213. The highest BCUT2D eigenvalue weighted by molar-refractivity contribution is 5.79. The molecule has 2 N–H and O–H groups in total. The zero-order valence-electron chi connectivity index (χ0n) is 8.18. The molecule has 2 rings (SSSR count). The molecule has 1 aromatic carbocycles. The van der Waals surface area contributed by atoms with Crippen LogP contribution < -0.4 is 5.56 Å². The lowest BCUT2D eigenvalue weighted by Gasteiger charge is -1.89. The minimum Gasteiger partial charge on any atom is -0.296 e. The zero-order chi connectivity index (χ0) is 11.4. The molecule has 0 aliphatic heterocycles. The molecule has 1 aromatic heterocycles. The van der Waals surface area contributed by atoms with Crippen LogP contribution in [0.5, 0.6) is 0 Å². The van der Waals surface area contributed by atoms with E-state index in [1.807, 2.05) is 6.07 Å². The standard InChI is InChI=1S/C10H8N4O2/c15-6-8-9(10(16)14-12-8)13-11-7-4-2-1-3-5-7/h1-6H,(H2,12,14,16). The van der Waals surface area contributed by atoms with Crippen molar-refractivity contribution < 1.29 is 4.79 Å². The summed E-state index contributed by atoms with van der Waals surface area (Å²) in [4.78, 5) is 21.8. The van der Waals surface area contributed by atoms with E-state index < -0.39 is 5.56 Å². The minimum absolute atomic E-state index is 0.0150. The molecule has 0 spiro atoms. The van der Waals surface area contributed by atoms with Crippen molar-refractivity contribution in [2.75, 3.05) is 0 Å². The largest absolute Gasteiger partial charge is 0.296 e. The van der Waals surface area contributed by atoms with Gasteiger partial charge in [-0.2, -0.15) is 5.11 Å². The zero-order valence-corrected chi connectivity index (χ0v) is 8.18.